The summed E-state index contributed by atoms with van der Waals surface area (Å²) in [5.41, 5.74) is 2.38. The minimum absolute atomic E-state index is 0.0368. The van der Waals surface area contributed by atoms with E-state index in [0.717, 1.165) is 17.5 Å². The first kappa shape index (κ1) is 15.2. The summed E-state index contributed by atoms with van der Waals surface area (Å²) in [6.07, 6.45) is 3.78. The molecule has 5 nitrogen and oxygen atoms in total. The maximum Gasteiger partial charge on any atom is 0.203 e. The van der Waals surface area contributed by atoms with E-state index in [0.29, 0.717) is 11.3 Å². The first-order chi connectivity index (χ1) is 12.1. The molecule has 0 bridgehead atoms. The maximum atomic E-state index is 12.1. The topological polar surface area (TPSA) is 57.9 Å². The fourth-order valence-corrected chi connectivity index (χ4v) is 4.64. The second-order valence-electron chi connectivity index (χ2n) is 7.28. The third kappa shape index (κ3) is 1.94. The third-order valence-corrected chi connectivity index (χ3v) is 6.17. The van der Waals surface area contributed by atoms with E-state index in [9.17, 15) is 4.79 Å². The Hall–Kier alpha value is -2.11. The van der Waals surface area contributed by atoms with Gasteiger partial charge in [0, 0.05) is 11.1 Å². The van der Waals surface area contributed by atoms with E-state index in [1.807, 2.05) is 18.2 Å². The third-order valence-electron chi connectivity index (χ3n) is 6.17. The number of carbonyl (C=O) groups excluding carboxylic acids is 1. The summed E-state index contributed by atoms with van der Waals surface area (Å²) in [6, 6.07) is 7.77. The molecule has 2 saturated heterocycles. The molecular weight excluding hydrogens is 320 g/mol. The van der Waals surface area contributed by atoms with Gasteiger partial charge in [0.1, 0.15) is 5.75 Å². The second-order valence-corrected chi connectivity index (χ2v) is 7.28. The van der Waals surface area contributed by atoms with Gasteiger partial charge in [0.25, 0.3) is 0 Å². The van der Waals surface area contributed by atoms with Crippen molar-refractivity contribution in [3.8, 4) is 5.75 Å². The molecule has 3 aliphatic heterocycles. The van der Waals surface area contributed by atoms with Gasteiger partial charge in [0.2, 0.25) is 5.78 Å². The zero-order chi connectivity index (χ0) is 17.2. The average Bonchev–Trinajstić information content (AvgIpc) is 3.36. The predicted molar refractivity (Wildman–Crippen MR) is 88.6 cm³/mol. The van der Waals surface area contributed by atoms with Crippen molar-refractivity contribution in [1.82, 2.24) is 0 Å². The van der Waals surface area contributed by atoms with E-state index in [4.69, 9.17) is 18.6 Å². The molecule has 25 heavy (non-hydrogen) atoms. The van der Waals surface area contributed by atoms with Crippen LogP contribution in [0.25, 0.3) is 0 Å². The van der Waals surface area contributed by atoms with Crippen molar-refractivity contribution >= 4 is 5.78 Å². The van der Waals surface area contributed by atoms with E-state index in [1.54, 1.807) is 12.5 Å². The molecule has 2 aromatic rings. The lowest BCUT2D eigenvalue weighted by molar-refractivity contribution is -0.140. The number of ether oxygens (including phenoxy) is 3. The van der Waals surface area contributed by atoms with E-state index in [2.05, 4.69) is 19.9 Å². The average molecular weight is 340 g/mol. The second kappa shape index (κ2) is 5.19. The summed E-state index contributed by atoms with van der Waals surface area (Å²) in [6.45, 7) is 4.39. The molecule has 130 valence electrons. The van der Waals surface area contributed by atoms with Gasteiger partial charge < -0.3 is 18.6 Å². The molecule has 0 aliphatic carbocycles. The lowest BCUT2D eigenvalue weighted by Crippen LogP contribution is -2.37. The highest BCUT2D eigenvalue weighted by atomic mass is 16.7. The zero-order valence-electron chi connectivity index (χ0n) is 14.2. The maximum absolute atomic E-state index is 12.1. The van der Waals surface area contributed by atoms with Crippen LogP contribution in [-0.2, 0) is 14.9 Å². The Morgan fingerprint density at radius 3 is 2.84 bits per heavy atom. The number of Topliss-reactive ketones (excluding diaryl/α,β-unsaturated/α-hetero) is 1. The molecule has 3 aliphatic rings. The summed E-state index contributed by atoms with van der Waals surface area (Å²) in [5.74, 6) is 0.980. The van der Waals surface area contributed by atoms with E-state index in [1.165, 1.54) is 0 Å². The van der Waals surface area contributed by atoms with Gasteiger partial charge in [-0.15, -0.1) is 0 Å². The number of rotatable bonds is 2. The molecule has 0 spiro atoms. The summed E-state index contributed by atoms with van der Waals surface area (Å²) in [7, 11) is 0. The smallest absolute Gasteiger partial charge is 0.203 e. The van der Waals surface area contributed by atoms with Crippen LogP contribution in [0.4, 0.5) is 0 Å². The Labute approximate surface area is 145 Å². The van der Waals surface area contributed by atoms with Gasteiger partial charge >= 0.3 is 0 Å². The van der Waals surface area contributed by atoms with E-state index < -0.39 is 0 Å². The number of ketones is 1. The molecule has 5 atom stereocenters. The lowest BCUT2D eigenvalue weighted by atomic mass is 9.67. The van der Waals surface area contributed by atoms with Crippen LogP contribution in [-0.4, -0.2) is 24.8 Å². The van der Waals surface area contributed by atoms with Crippen LogP contribution in [0, 0.1) is 5.92 Å². The molecule has 0 unspecified atom stereocenters. The van der Waals surface area contributed by atoms with Crippen LogP contribution in [0.15, 0.2) is 41.2 Å². The Morgan fingerprint density at radius 2 is 2.04 bits per heavy atom. The number of fused-ring (bicyclic) bond motifs is 2. The Bertz CT molecular complexity index is 827. The van der Waals surface area contributed by atoms with Crippen molar-refractivity contribution in [1.29, 1.82) is 0 Å². The fraction of sp³-hybridized carbons (Fsp3) is 0.450. The lowest BCUT2D eigenvalue weighted by Gasteiger charge is -2.32. The van der Waals surface area contributed by atoms with Gasteiger partial charge in [-0.3, -0.25) is 4.79 Å². The van der Waals surface area contributed by atoms with Gasteiger partial charge in [-0.2, -0.15) is 0 Å². The molecule has 5 heteroatoms. The highest BCUT2D eigenvalue weighted by molar-refractivity contribution is 6.02. The number of hydrogen-bond donors (Lipinski definition) is 0. The van der Waals surface area contributed by atoms with Crippen LogP contribution in [0.3, 0.4) is 0 Å². The monoisotopic (exact) mass is 340 g/mol. The number of hydrogen-bond acceptors (Lipinski definition) is 5. The Morgan fingerprint density at radius 1 is 1.16 bits per heavy atom. The van der Waals surface area contributed by atoms with Gasteiger partial charge in [-0.05, 0) is 31.4 Å². The van der Waals surface area contributed by atoms with Gasteiger partial charge in [0.15, 0.2) is 12.9 Å². The zero-order valence-corrected chi connectivity index (χ0v) is 14.2. The van der Waals surface area contributed by atoms with Crippen molar-refractivity contribution in [3.05, 3.63) is 53.5 Å². The van der Waals surface area contributed by atoms with Crippen LogP contribution < -0.4 is 4.74 Å². The Kier molecular flexibility index (Phi) is 3.15. The largest absolute Gasteiger partial charge is 0.484 e. The van der Waals surface area contributed by atoms with E-state index in [-0.39, 0.29) is 42.2 Å². The molecule has 5 rings (SSSR count). The highest BCUT2D eigenvalue weighted by Crippen LogP contribution is 2.59. The Balaban J connectivity index is 1.65. The minimum Gasteiger partial charge on any atom is -0.484 e. The molecule has 1 aromatic carbocycles. The standard InChI is InChI=1S/C20H20O5/c1-11-12(2)24-19-20(11,8-17(25-19)13-6-7-22-9-13)15-5-3-4-14-16(21)10-23-18(14)15/h3-7,9,11-12,17,19H,8,10H2,1-2H3/t11-,12-,17-,19-,20+/m1/s1. The molecule has 2 fully saturated rings. The van der Waals surface area contributed by atoms with Crippen molar-refractivity contribution in [3.63, 3.8) is 0 Å². The number of carbonyl (C=O) groups is 1. The molecule has 0 N–H and O–H groups in total. The van der Waals surface area contributed by atoms with Crippen molar-refractivity contribution < 1.29 is 23.4 Å². The highest BCUT2D eigenvalue weighted by Gasteiger charge is 2.62. The van der Waals surface area contributed by atoms with Crippen LogP contribution in [0.2, 0.25) is 0 Å². The van der Waals surface area contributed by atoms with Crippen molar-refractivity contribution in [2.24, 2.45) is 5.92 Å². The number of furan rings is 1. The summed E-state index contributed by atoms with van der Waals surface area (Å²) in [5, 5.41) is 0. The first-order valence-electron chi connectivity index (χ1n) is 8.74. The van der Waals surface area contributed by atoms with Crippen molar-refractivity contribution in [2.75, 3.05) is 6.61 Å². The van der Waals surface area contributed by atoms with Gasteiger partial charge in [0.05, 0.1) is 35.7 Å². The molecular formula is C20H20O5. The fourth-order valence-electron chi connectivity index (χ4n) is 4.64. The van der Waals surface area contributed by atoms with Crippen LogP contribution in [0.5, 0.6) is 5.75 Å². The van der Waals surface area contributed by atoms with Crippen LogP contribution >= 0.6 is 0 Å². The van der Waals surface area contributed by atoms with Crippen molar-refractivity contribution in [2.45, 2.75) is 44.2 Å². The summed E-state index contributed by atoms with van der Waals surface area (Å²) >= 11 is 0. The number of para-hydroxylation sites is 1. The SMILES string of the molecule is C[C@@H]1[C@@H](C)O[C@@H]2O[C@@H](c3ccoc3)C[C@]21c1cccc2c1OCC2=O. The molecule has 0 amide bonds. The molecule has 0 saturated carbocycles. The normalized spacial score (nSPS) is 36.3. The van der Waals surface area contributed by atoms with Gasteiger partial charge in [-0.1, -0.05) is 19.1 Å². The first-order valence-corrected chi connectivity index (χ1v) is 8.74. The number of benzene rings is 1. The predicted octanol–water partition coefficient (Wildman–Crippen LogP) is 3.64. The summed E-state index contributed by atoms with van der Waals surface area (Å²) < 4.78 is 23.5. The van der Waals surface area contributed by atoms with E-state index >= 15 is 0 Å². The van der Waals surface area contributed by atoms with Gasteiger partial charge in [-0.25, -0.2) is 0 Å². The minimum atomic E-state index is -0.358. The molecule has 4 heterocycles. The quantitative estimate of drug-likeness (QED) is 0.835. The summed E-state index contributed by atoms with van der Waals surface area (Å²) in [4.78, 5) is 12.1. The van der Waals surface area contributed by atoms with Crippen LogP contribution in [0.1, 0.15) is 47.9 Å². The molecule has 0 radical (unpaired) electrons. The molecule has 1 aromatic heterocycles.